The second-order valence-corrected chi connectivity index (χ2v) is 6.74. The number of benzene rings is 3. The van der Waals surface area contributed by atoms with Gasteiger partial charge in [-0.25, -0.2) is 4.98 Å². The van der Waals surface area contributed by atoms with Crippen LogP contribution in [0.25, 0.3) is 10.9 Å². The van der Waals surface area contributed by atoms with E-state index in [2.05, 4.69) is 20.6 Å². The molecule has 4 N–H and O–H groups in total. The van der Waals surface area contributed by atoms with E-state index < -0.39 is 0 Å². The average Bonchev–Trinajstić information content (AvgIpc) is 2.73. The van der Waals surface area contributed by atoms with Crippen molar-refractivity contribution in [3.8, 4) is 5.75 Å². The molecule has 0 saturated carbocycles. The highest BCUT2D eigenvalue weighted by atomic mass is 16.3. The maximum atomic E-state index is 9.73. The highest BCUT2D eigenvalue weighted by Crippen LogP contribution is 2.27. The third-order valence-electron chi connectivity index (χ3n) is 4.55. The summed E-state index contributed by atoms with van der Waals surface area (Å²) in [5, 5.41) is 26.1. The van der Waals surface area contributed by atoms with Gasteiger partial charge < -0.3 is 20.8 Å². The Bertz CT molecular complexity index is 1110. The number of aromatic hydroxyl groups is 1. The van der Waals surface area contributed by atoms with Crippen LogP contribution in [0.15, 0.2) is 72.8 Å². The minimum absolute atomic E-state index is 0.188. The van der Waals surface area contributed by atoms with E-state index >= 15 is 0 Å². The Morgan fingerprint density at radius 2 is 1.62 bits per heavy atom. The van der Waals surface area contributed by atoms with Gasteiger partial charge in [0.1, 0.15) is 11.6 Å². The van der Waals surface area contributed by atoms with Crippen LogP contribution in [0.2, 0.25) is 0 Å². The van der Waals surface area contributed by atoms with Crippen molar-refractivity contribution in [1.82, 2.24) is 9.97 Å². The minimum Gasteiger partial charge on any atom is -0.508 e. The highest BCUT2D eigenvalue weighted by Gasteiger charge is 2.09. The molecule has 29 heavy (non-hydrogen) atoms. The number of hydrogen-bond acceptors (Lipinski definition) is 6. The van der Waals surface area contributed by atoms with Crippen LogP contribution in [0.5, 0.6) is 5.75 Å². The van der Waals surface area contributed by atoms with Crippen molar-refractivity contribution in [1.29, 1.82) is 0 Å². The number of fused-ring (bicyclic) bond motifs is 1. The maximum absolute atomic E-state index is 9.73. The molecule has 0 aliphatic heterocycles. The summed E-state index contributed by atoms with van der Waals surface area (Å²) in [6.07, 6.45) is 1.60. The first-order chi connectivity index (χ1) is 14.2. The summed E-state index contributed by atoms with van der Waals surface area (Å²) >= 11 is 0. The fourth-order valence-electron chi connectivity index (χ4n) is 3.12. The summed E-state index contributed by atoms with van der Waals surface area (Å²) < 4.78 is 0. The molecule has 6 heteroatoms. The number of aliphatic hydroxyl groups excluding tert-OH is 1. The number of aliphatic hydroxyl groups is 1. The largest absolute Gasteiger partial charge is 0.508 e. The first kappa shape index (κ1) is 18.7. The molecule has 0 radical (unpaired) electrons. The molecule has 0 aliphatic rings. The zero-order valence-electron chi connectivity index (χ0n) is 15.8. The predicted molar refractivity (Wildman–Crippen MR) is 116 cm³/mol. The normalized spacial score (nSPS) is 10.8. The van der Waals surface area contributed by atoms with Gasteiger partial charge in [0.05, 0.1) is 5.52 Å². The number of aromatic nitrogens is 2. The van der Waals surface area contributed by atoms with Gasteiger partial charge in [-0.1, -0.05) is 30.3 Å². The zero-order chi connectivity index (χ0) is 20.1. The predicted octanol–water partition coefficient (Wildman–Crippen LogP) is 4.75. The number of aryl methyl sites for hydroxylation is 1. The van der Waals surface area contributed by atoms with Crippen LogP contribution < -0.4 is 10.6 Å². The van der Waals surface area contributed by atoms with Crippen LogP contribution in [-0.4, -0.2) is 26.8 Å². The monoisotopic (exact) mass is 386 g/mol. The van der Waals surface area contributed by atoms with Gasteiger partial charge in [-0.3, -0.25) is 0 Å². The number of hydrogen-bond donors (Lipinski definition) is 4. The molecule has 1 heterocycles. The third kappa shape index (κ3) is 4.62. The van der Waals surface area contributed by atoms with Crippen molar-refractivity contribution >= 4 is 34.0 Å². The Hall–Kier alpha value is -3.64. The van der Waals surface area contributed by atoms with E-state index in [0.717, 1.165) is 35.1 Å². The summed E-state index contributed by atoms with van der Waals surface area (Å²) in [5.41, 5.74) is 3.62. The molecule has 146 valence electrons. The number of para-hydroxylation sites is 1. The number of phenolic OH excluding ortho intramolecular Hbond substituents is 1. The van der Waals surface area contributed by atoms with E-state index in [9.17, 15) is 5.11 Å². The number of anilines is 4. The molecule has 0 bridgehead atoms. The minimum atomic E-state index is 0.188. The van der Waals surface area contributed by atoms with Crippen LogP contribution in [0.3, 0.4) is 0 Å². The van der Waals surface area contributed by atoms with E-state index in [0.29, 0.717) is 11.8 Å². The lowest BCUT2D eigenvalue weighted by Gasteiger charge is -2.12. The van der Waals surface area contributed by atoms with Crippen LogP contribution in [-0.2, 0) is 6.42 Å². The zero-order valence-corrected chi connectivity index (χ0v) is 15.8. The molecule has 0 amide bonds. The molecule has 4 aromatic rings. The topological polar surface area (TPSA) is 90.3 Å². The number of nitrogens with one attached hydrogen (secondary N) is 2. The summed E-state index contributed by atoms with van der Waals surface area (Å²) in [5.74, 6) is 1.32. The van der Waals surface area contributed by atoms with E-state index in [1.54, 1.807) is 18.2 Å². The van der Waals surface area contributed by atoms with Crippen LogP contribution in [0.4, 0.5) is 23.1 Å². The summed E-state index contributed by atoms with van der Waals surface area (Å²) in [4.78, 5) is 9.26. The van der Waals surface area contributed by atoms with Crippen LogP contribution >= 0.6 is 0 Å². The van der Waals surface area contributed by atoms with Crippen molar-refractivity contribution in [2.75, 3.05) is 17.2 Å². The molecule has 0 aliphatic carbocycles. The van der Waals surface area contributed by atoms with E-state index in [4.69, 9.17) is 5.11 Å². The Morgan fingerprint density at radius 3 is 2.41 bits per heavy atom. The molecule has 0 atom stereocenters. The summed E-state index contributed by atoms with van der Waals surface area (Å²) in [7, 11) is 0. The fraction of sp³-hybridized carbons (Fsp3) is 0.130. The Balaban J connectivity index is 1.63. The highest BCUT2D eigenvalue weighted by molar-refractivity contribution is 5.92. The van der Waals surface area contributed by atoms with Gasteiger partial charge >= 0.3 is 0 Å². The van der Waals surface area contributed by atoms with Gasteiger partial charge in [0.15, 0.2) is 0 Å². The standard InChI is InChI=1S/C23H22N4O2/c28-14-4-5-16-10-12-17(13-11-16)25-23-26-21-9-2-1-8-20(21)22(27-23)24-18-6-3-7-19(29)15-18/h1-3,6-13,15,28-29H,4-5,14H2,(H2,24,25,26,27). The molecule has 6 nitrogen and oxygen atoms in total. The third-order valence-corrected chi connectivity index (χ3v) is 4.55. The van der Waals surface area contributed by atoms with Crippen LogP contribution in [0, 0.1) is 0 Å². The van der Waals surface area contributed by atoms with Gasteiger partial charge in [-0.15, -0.1) is 0 Å². The maximum Gasteiger partial charge on any atom is 0.229 e. The average molecular weight is 386 g/mol. The second kappa shape index (κ2) is 8.58. The van der Waals surface area contributed by atoms with Gasteiger partial charge in [-0.2, -0.15) is 4.98 Å². The number of phenols is 1. The van der Waals surface area contributed by atoms with Crippen molar-refractivity contribution in [2.45, 2.75) is 12.8 Å². The quantitative estimate of drug-likeness (QED) is 0.367. The summed E-state index contributed by atoms with van der Waals surface area (Å²) in [6, 6.07) is 22.7. The SMILES string of the molecule is OCCCc1ccc(Nc2nc(Nc3cccc(O)c3)c3ccccc3n2)cc1. The second-order valence-electron chi connectivity index (χ2n) is 6.74. The van der Waals surface area contributed by atoms with Crippen molar-refractivity contribution in [3.63, 3.8) is 0 Å². The van der Waals surface area contributed by atoms with Gasteiger partial charge in [0, 0.05) is 29.4 Å². The van der Waals surface area contributed by atoms with Crippen molar-refractivity contribution in [3.05, 3.63) is 78.4 Å². The van der Waals surface area contributed by atoms with E-state index in [1.165, 1.54) is 5.56 Å². The Kier molecular flexibility index (Phi) is 5.54. The molecular formula is C23H22N4O2. The molecule has 1 aromatic heterocycles. The van der Waals surface area contributed by atoms with Crippen molar-refractivity contribution in [2.24, 2.45) is 0 Å². The Morgan fingerprint density at radius 1 is 0.793 bits per heavy atom. The lowest BCUT2D eigenvalue weighted by atomic mass is 10.1. The fourth-order valence-corrected chi connectivity index (χ4v) is 3.12. The van der Waals surface area contributed by atoms with Gasteiger partial charge in [0.2, 0.25) is 5.95 Å². The molecular weight excluding hydrogens is 364 g/mol. The Labute approximate surface area is 168 Å². The van der Waals surface area contributed by atoms with Crippen molar-refractivity contribution < 1.29 is 10.2 Å². The molecule has 3 aromatic carbocycles. The van der Waals surface area contributed by atoms with Gasteiger partial charge in [0.25, 0.3) is 0 Å². The molecule has 0 spiro atoms. The first-order valence-corrected chi connectivity index (χ1v) is 9.51. The van der Waals surface area contributed by atoms with Gasteiger partial charge in [-0.05, 0) is 54.8 Å². The lowest BCUT2D eigenvalue weighted by Crippen LogP contribution is -2.02. The molecule has 4 rings (SSSR count). The lowest BCUT2D eigenvalue weighted by molar-refractivity contribution is 0.288. The first-order valence-electron chi connectivity index (χ1n) is 9.51. The summed E-state index contributed by atoms with van der Waals surface area (Å²) in [6.45, 7) is 0.194. The molecule has 0 saturated heterocycles. The smallest absolute Gasteiger partial charge is 0.229 e. The molecule has 0 unspecified atom stereocenters. The van der Waals surface area contributed by atoms with E-state index in [1.807, 2.05) is 54.6 Å². The van der Waals surface area contributed by atoms with E-state index in [-0.39, 0.29) is 12.4 Å². The number of rotatable bonds is 7. The number of nitrogens with zero attached hydrogens (tertiary/aromatic N) is 2. The molecule has 0 fully saturated rings. The van der Waals surface area contributed by atoms with Crippen LogP contribution in [0.1, 0.15) is 12.0 Å².